The van der Waals surface area contributed by atoms with Gasteiger partial charge in [-0.15, -0.1) is 0 Å². The van der Waals surface area contributed by atoms with E-state index in [4.69, 9.17) is 5.73 Å². The lowest BCUT2D eigenvalue weighted by molar-refractivity contribution is 1.15. The number of hydrogen-bond donors (Lipinski definition) is 2. The molecule has 0 aliphatic rings. The molecule has 1 heterocycles. The largest absolute Gasteiger partial charge is 0.398 e. The Morgan fingerprint density at radius 1 is 1.00 bits per heavy atom. The van der Waals surface area contributed by atoms with E-state index < -0.39 is 0 Å². The summed E-state index contributed by atoms with van der Waals surface area (Å²) in [6.45, 7) is 0.701. The first-order valence-corrected chi connectivity index (χ1v) is 6.25. The van der Waals surface area contributed by atoms with E-state index in [2.05, 4.69) is 22.4 Å². The van der Waals surface area contributed by atoms with Gasteiger partial charge in [-0.05, 0) is 23.8 Å². The van der Waals surface area contributed by atoms with Crippen molar-refractivity contribution < 1.29 is 0 Å². The zero-order chi connectivity index (χ0) is 13.1. The second-order valence-electron chi connectivity index (χ2n) is 4.47. The summed E-state index contributed by atoms with van der Waals surface area (Å²) in [5, 5.41) is 4.48. The summed E-state index contributed by atoms with van der Waals surface area (Å²) in [5.74, 6) is 0. The number of benzene rings is 2. The minimum Gasteiger partial charge on any atom is -0.398 e. The van der Waals surface area contributed by atoms with Gasteiger partial charge in [-0.25, -0.2) is 0 Å². The molecule has 0 aliphatic carbocycles. The summed E-state index contributed by atoms with van der Waals surface area (Å²) in [4.78, 5) is 4.42. The predicted octanol–water partition coefficient (Wildman–Crippen LogP) is 3.43. The number of hydrogen-bond acceptors (Lipinski definition) is 3. The molecule has 19 heavy (non-hydrogen) atoms. The van der Waals surface area contributed by atoms with E-state index in [0.29, 0.717) is 6.54 Å². The average Bonchev–Trinajstić information content (AvgIpc) is 2.46. The molecule has 1 aromatic heterocycles. The molecule has 0 unspecified atom stereocenters. The van der Waals surface area contributed by atoms with Gasteiger partial charge in [0, 0.05) is 17.6 Å². The van der Waals surface area contributed by atoms with Gasteiger partial charge in [-0.1, -0.05) is 36.4 Å². The summed E-state index contributed by atoms with van der Waals surface area (Å²) in [7, 11) is 0. The molecule has 2 aromatic carbocycles. The van der Waals surface area contributed by atoms with Crippen molar-refractivity contribution in [1.82, 2.24) is 4.98 Å². The number of nitrogen functional groups attached to an aromatic ring is 1. The Labute approximate surface area is 112 Å². The third-order valence-electron chi connectivity index (χ3n) is 3.13. The second kappa shape index (κ2) is 4.98. The Morgan fingerprint density at radius 3 is 2.68 bits per heavy atom. The SMILES string of the molecule is Nc1ccccc1CNc1cnc2ccccc2c1. The van der Waals surface area contributed by atoms with Gasteiger partial charge >= 0.3 is 0 Å². The summed E-state index contributed by atoms with van der Waals surface area (Å²) in [6, 6.07) is 18.0. The van der Waals surface area contributed by atoms with Crippen LogP contribution in [0.25, 0.3) is 10.9 Å². The fourth-order valence-corrected chi connectivity index (χ4v) is 2.06. The van der Waals surface area contributed by atoms with Gasteiger partial charge in [0.15, 0.2) is 0 Å². The molecular formula is C16H15N3. The van der Waals surface area contributed by atoms with Crippen LogP contribution in [0.2, 0.25) is 0 Å². The van der Waals surface area contributed by atoms with Crippen LogP contribution >= 0.6 is 0 Å². The van der Waals surface area contributed by atoms with Crippen LogP contribution in [0.1, 0.15) is 5.56 Å². The zero-order valence-electron chi connectivity index (χ0n) is 10.5. The van der Waals surface area contributed by atoms with Crippen molar-refractivity contribution in [2.75, 3.05) is 11.1 Å². The highest BCUT2D eigenvalue weighted by Gasteiger charge is 1.99. The molecule has 3 rings (SSSR count). The third kappa shape index (κ3) is 2.50. The molecule has 3 heteroatoms. The van der Waals surface area contributed by atoms with Crippen LogP contribution in [0.4, 0.5) is 11.4 Å². The summed E-state index contributed by atoms with van der Waals surface area (Å²) < 4.78 is 0. The van der Waals surface area contributed by atoms with E-state index >= 15 is 0 Å². The van der Waals surface area contributed by atoms with Crippen molar-refractivity contribution in [2.24, 2.45) is 0 Å². The van der Waals surface area contributed by atoms with Gasteiger partial charge in [0.1, 0.15) is 0 Å². The molecule has 0 amide bonds. The lowest BCUT2D eigenvalue weighted by Crippen LogP contribution is -2.02. The molecule has 3 N–H and O–H groups in total. The van der Waals surface area contributed by atoms with Gasteiger partial charge in [-0.2, -0.15) is 0 Å². The lowest BCUT2D eigenvalue weighted by Gasteiger charge is -2.09. The molecule has 0 fully saturated rings. The van der Waals surface area contributed by atoms with Crippen LogP contribution in [0.5, 0.6) is 0 Å². The Bertz CT molecular complexity index is 707. The molecule has 0 aliphatic heterocycles. The van der Waals surface area contributed by atoms with E-state index in [1.807, 2.05) is 48.7 Å². The third-order valence-corrected chi connectivity index (χ3v) is 3.13. The van der Waals surface area contributed by atoms with Crippen LogP contribution < -0.4 is 11.1 Å². The van der Waals surface area contributed by atoms with E-state index in [1.54, 1.807) is 0 Å². The molecule has 94 valence electrons. The summed E-state index contributed by atoms with van der Waals surface area (Å²) in [5.41, 5.74) is 9.83. The molecule has 0 radical (unpaired) electrons. The maximum atomic E-state index is 5.92. The molecular weight excluding hydrogens is 234 g/mol. The maximum Gasteiger partial charge on any atom is 0.0703 e. The van der Waals surface area contributed by atoms with Crippen LogP contribution in [0, 0.1) is 0 Å². The highest BCUT2D eigenvalue weighted by molar-refractivity contribution is 5.81. The van der Waals surface area contributed by atoms with Gasteiger partial charge < -0.3 is 11.1 Å². The molecule has 3 nitrogen and oxygen atoms in total. The number of fused-ring (bicyclic) bond motifs is 1. The van der Waals surface area contributed by atoms with Gasteiger partial charge in [0.05, 0.1) is 17.4 Å². The zero-order valence-corrected chi connectivity index (χ0v) is 10.5. The van der Waals surface area contributed by atoms with E-state index in [1.165, 1.54) is 0 Å². The highest BCUT2D eigenvalue weighted by atomic mass is 14.9. The fourth-order valence-electron chi connectivity index (χ4n) is 2.06. The number of nitrogens with two attached hydrogens (primary N) is 1. The molecule has 0 atom stereocenters. The molecule has 0 saturated heterocycles. The number of aromatic nitrogens is 1. The first-order valence-electron chi connectivity index (χ1n) is 6.25. The monoisotopic (exact) mass is 249 g/mol. The van der Waals surface area contributed by atoms with Crippen molar-refractivity contribution in [3.05, 3.63) is 66.4 Å². The van der Waals surface area contributed by atoms with Crippen molar-refractivity contribution in [3.63, 3.8) is 0 Å². The smallest absolute Gasteiger partial charge is 0.0703 e. The second-order valence-corrected chi connectivity index (χ2v) is 4.47. The van der Waals surface area contributed by atoms with Crippen LogP contribution in [0.15, 0.2) is 60.8 Å². The number of para-hydroxylation sites is 2. The Kier molecular flexibility index (Phi) is 3.02. The fraction of sp³-hybridized carbons (Fsp3) is 0.0625. The number of anilines is 2. The quantitative estimate of drug-likeness (QED) is 0.699. The maximum absolute atomic E-state index is 5.92. The van der Waals surface area contributed by atoms with Crippen molar-refractivity contribution in [3.8, 4) is 0 Å². The minimum absolute atomic E-state index is 0.701. The molecule has 0 saturated carbocycles. The standard InChI is InChI=1S/C16H15N3/c17-15-7-3-1-6-13(15)10-18-14-9-12-5-2-4-8-16(12)19-11-14/h1-9,11,18H,10,17H2. The van der Waals surface area contributed by atoms with Crippen LogP contribution in [-0.2, 0) is 6.54 Å². The van der Waals surface area contributed by atoms with Crippen LogP contribution in [0.3, 0.4) is 0 Å². The van der Waals surface area contributed by atoms with Crippen molar-refractivity contribution >= 4 is 22.3 Å². The molecule has 0 spiro atoms. The number of pyridine rings is 1. The molecule has 0 bridgehead atoms. The van der Waals surface area contributed by atoms with Crippen molar-refractivity contribution in [1.29, 1.82) is 0 Å². The Balaban J connectivity index is 1.80. The highest BCUT2D eigenvalue weighted by Crippen LogP contribution is 2.18. The van der Waals surface area contributed by atoms with E-state index in [0.717, 1.165) is 27.8 Å². The van der Waals surface area contributed by atoms with Gasteiger partial charge in [-0.3, -0.25) is 4.98 Å². The van der Waals surface area contributed by atoms with Crippen LogP contribution in [-0.4, -0.2) is 4.98 Å². The lowest BCUT2D eigenvalue weighted by atomic mass is 10.1. The Morgan fingerprint density at radius 2 is 1.79 bits per heavy atom. The normalized spacial score (nSPS) is 10.5. The Hall–Kier alpha value is -2.55. The topological polar surface area (TPSA) is 50.9 Å². The molecule has 3 aromatic rings. The number of nitrogens with one attached hydrogen (secondary N) is 1. The number of rotatable bonds is 3. The van der Waals surface area contributed by atoms with Crippen molar-refractivity contribution in [2.45, 2.75) is 6.54 Å². The average molecular weight is 249 g/mol. The van der Waals surface area contributed by atoms with Gasteiger partial charge in [0.25, 0.3) is 0 Å². The van der Waals surface area contributed by atoms with E-state index in [9.17, 15) is 0 Å². The predicted molar refractivity (Wildman–Crippen MR) is 79.9 cm³/mol. The first kappa shape index (κ1) is 11.5. The first-order chi connectivity index (χ1) is 9.33. The summed E-state index contributed by atoms with van der Waals surface area (Å²) >= 11 is 0. The van der Waals surface area contributed by atoms with E-state index in [-0.39, 0.29) is 0 Å². The van der Waals surface area contributed by atoms with Gasteiger partial charge in [0.2, 0.25) is 0 Å². The summed E-state index contributed by atoms with van der Waals surface area (Å²) in [6.07, 6.45) is 1.85. The minimum atomic E-state index is 0.701. The number of nitrogens with zero attached hydrogens (tertiary/aromatic N) is 1.